The summed E-state index contributed by atoms with van der Waals surface area (Å²) in [6.45, 7) is 0. The first-order valence-electron chi connectivity index (χ1n) is 6.99. The first kappa shape index (κ1) is 14.5. The molecule has 0 heterocycles. The average Bonchev–Trinajstić information content (AvgIpc) is 2.53. The highest BCUT2D eigenvalue weighted by Gasteiger charge is 2.40. The smallest absolute Gasteiger partial charge is 0.233 e. The molecular weight excluding hydrogens is 254 g/mol. The molecular formula is C15H21N3O2. The highest BCUT2D eigenvalue weighted by molar-refractivity contribution is 5.95. The van der Waals surface area contributed by atoms with Crippen LogP contribution in [0.25, 0.3) is 0 Å². The van der Waals surface area contributed by atoms with Gasteiger partial charge in [0.15, 0.2) is 0 Å². The van der Waals surface area contributed by atoms with Crippen molar-refractivity contribution in [3.8, 4) is 0 Å². The Morgan fingerprint density at radius 1 is 1.35 bits per heavy atom. The minimum Gasteiger partial charge on any atom is -0.411 e. The number of nitrogens with one attached hydrogen (secondary N) is 1. The van der Waals surface area contributed by atoms with Gasteiger partial charge in [-0.05, 0) is 31.2 Å². The molecule has 1 aliphatic carbocycles. The fraction of sp³-hybridized carbons (Fsp3) is 0.467. The minimum atomic E-state index is -0.346. The molecule has 0 radical (unpaired) electrons. The number of benzene rings is 1. The number of hydrogen-bond acceptors (Lipinski definition) is 4. The molecule has 1 atom stereocenters. The first-order chi connectivity index (χ1) is 9.73. The predicted octanol–water partition coefficient (Wildman–Crippen LogP) is 2.10. The summed E-state index contributed by atoms with van der Waals surface area (Å²) in [7, 11) is 0. The van der Waals surface area contributed by atoms with Gasteiger partial charge in [-0.3, -0.25) is 10.2 Å². The van der Waals surface area contributed by atoms with Gasteiger partial charge in [-0.15, -0.1) is 0 Å². The molecule has 1 fully saturated rings. The van der Waals surface area contributed by atoms with Crippen molar-refractivity contribution in [3.63, 3.8) is 0 Å². The second kappa shape index (κ2) is 6.52. The van der Waals surface area contributed by atoms with Crippen LogP contribution in [0.2, 0.25) is 0 Å². The lowest BCUT2D eigenvalue weighted by Crippen LogP contribution is -2.40. The third-order valence-corrected chi connectivity index (χ3v) is 4.21. The zero-order chi connectivity index (χ0) is 14.4. The van der Waals surface area contributed by atoms with Crippen molar-refractivity contribution >= 4 is 11.6 Å². The van der Waals surface area contributed by atoms with Crippen molar-refractivity contribution in [2.45, 2.75) is 43.9 Å². The lowest BCUT2D eigenvalue weighted by atomic mass is 9.65. The summed E-state index contributed by atoms with van der Waals surface area (Å²) >= 11 is 0. The van der Waals surface area contributed by atoms with Crippen LogP contribution in [0.5, 0.6) is 0 Å². The normalized spacial score (nSPS) is 24.6. The van der Waals surface area contributed by atoms with Gasteiger partial charge in [-0.2, -0.15) is 0 Å². The fourth-order valence-corrected chi connectivity index (χ4v) is 3.13. The first-order valence-corrected chi connectivity index (χ1v) is 6.99. The molecule has 1 aromatic rings. The summed E-state index contributed by atoms with van der Waals surface area (Å²) in [5.74, 6) is 4.97. The van der Waals surface area contributed by atoms with Gasteiger partial charge >= 0.3 is 0 Å². The maximum atomic E-state index is 11.5. The fourth-order valence-electron chi connectivity index (χ4n) is 3.13. The van der Waals surface area contributed by atoms with E-state index < -0.39 is 0 Å². The Bertz CT molecular complexity index is 487. The van der Waals surface area contributed by atoms with Crippen LogP contribution in [-0.4, -0.2) is 16.8 Å². The van der Waals surface area contributed by atoms with E-state index in [1.54, 1.807) is 0 Å². The summed E-state index contributed by atoms with van der Waals surface area (Å²) in [6.07, 6.45) is 4.70. The number of hydrogen-bond donors (Lipinski definition) is 3. The van der Waals surface area contributed by atoms with Crippen LogP contribution < -0.4 is 11.3 Å². The highest BCUT2D eigenvalue weighted by atomic mass is 16.4. The Morgan fingerprint density at radius 2 is 2.10 bits per heavy atom. The van der Waals surface area contributed by atoms with E-state index in [1.807, 2.05) is 30.3 Å². The molecule has 108 valence electrons. The highest BCUT2D eigenvalue weighted by Crippen LogP contribution is 2.41. The zero-order valence-electron chi connectivity index (χ0n) is 11.5. The van der Waals surface area contributed by atoms with Crippen LogP contribution in [0.15, 0.2) is 35.5 Å². The van der Waals surface area contributed by atoms with Gasteiger partial charge in [0.05, 0.1) is 5.71 Å². The number of carbonyl (C=O) groups excluding carboxylic acids is 1. The van der Waals surface area contributed by atoms with E-state index in [2.05, 4.69) is 10.6 Å². The molecule has 1 aromatic carbocycles. The molecule has 2 rings (SSSR count). The molecule has 0 saturated heterocycles. The van der Waals surface area contributed by atoms with Gasteiger partial charge < -0.3 is 5.21 Å². The van der Waals surface area contributed by atoms with E-state index in [1.165, 1.54) is 0 Å². The molecule has 5 heteroatoms. The quantitative estimate of drug-likeness (QED) is 0.340. The minimum absolute atomic E-state index is 0.192. The number of hydrazine groups is 1. The van der Waals surface area contributed by atoms with Crippen molar-refractivity contribution < 1.29 is 10.0 Å². The van der Waals surface area contributed by atoms with Crippen LogP contribution >= 0.6 is 0 Å². The standard InChI is InChI=1S/C15H21N3O2/c16-17-14(19)9-11-15(12-6-2-1-3-7-12)10-5-4-8-13(15)18-20/h1-3,6-7,20H,4-5,8-11,16H2,(H,17,19)/b18-13+. The number of oxime groups is 1. The number of nitrogens with two attached hydrogens (primary N) is 1. The van der Waals surface area contributed by atoms with Gasteiger partial charge in [0, 0.05) is 11.8 Å². The molecule has 0 aromatic heterocycles. The summed E-state index contributed by atoms with van der Waals surface area (Å²) in [6, 6.07) is 9.99. The molecule has 5 nitrogen and oxygen atoms in total. The second-order valence-electron chi connectivity index (χ2n) is 5.27. The Labute approximate surface area is 118 Å². The van der Waals surface area contributed by atoms with E-state index in [9.17, 15) is 10.0 Å². The van der Waals surface area contributed by atoms with E-state index in [0.29, 0.717) is 12.8 Å². The summed E-state index contributed by atoms with van der Waals surface area (Å²) in [5, 5.41) is 12.9. The Morgan fingerprint density at radius 3 is 2.75 bits per heavy atom. The largest absolute Gasteiger partial charge is 0.411 e. The number of rotatable bonds is 4. The molecule has 1 amide bonds. The third-order valence-electron chi connectivity index (χ3n) is 4.21. The van der Waals surface area contributed by atoms with E-state index in [-0.39, 0.29) is 11.3 Å². The molecule has 1 unspecified atom stereocenters. The SMILES string of the molecule is NNC(=O)CCC1(c2ccccc2)CCCC/C1=N\O. The van der Waals surface area contributed by atoms with Crippen molar-refractivity contribution in [1.82, 2.24) is 5.43 Å². The van der Waals surface area contributed by atoms with Crippen molar-refractivity contribution in [1.29, 1.82) is 0 Å². The van der Waals surface area contributed by atoms with Crippen molar-refractivity contribution in [3.05, 3.63) is 35.9 Å². The lowest BCUT2D eigenvalue weighted by Gasteiger charge is -2.38. The zero-order valence-corrected chi connectivity index (χ0v) is 11.5. The molecule has 0 bridgehead atoms. The summed E-state index contributed by atoms with van der Waals surface area (Å²) in [5.41, 5.74) is 3.70. The number of nitrogens with zero attached hydrogens (tertiary/aromatic N) is 1. The Balaban J connectivity index is 2.34. The molecule has 0 aliphatic heterocycles. The van der Waals surface area contributed by atoms with Gasteiger partial charge in [-0.25, -0.2) is 5.84 Å². The Kier molecular flexibility index (Phi) is 4.74. The van der Waals surface area contributed by atoms with Crippen LogP contribution in [0, 0.1) is 0 Å². The lowest BCUT2D eigenvalue weighted by molar-refractivity contribution is -0.121. The van der Waals surface area contributed by atoms with Gasteiger partial charge in [0.1, 0.15) is 0 Å². The average molecular weight is 275 g/mol. The topological polar surface area (TPSA) is 87.7 Å². The van der Waals surface area contributed by atoms with Gasteiger partial charge in [-0.1, -0.05) is 41.9 Å². The van der Waals surface area contributed by atoms with E-state index in [4.69, 9.17) is 5.84 Å². The number of carbonyl (C=O) groups is 1. The summed E-state index contributed by atoms with van der Waals surface area (Å²) < 4.78 is 0. The van der Waals surface area contributed by atoms with Crippen molar-refractivity contribution in [2.24, 2.45) is 11.0 Å². The van der Waals surface area contributed by atoms with Crippen LogP contribution in [0.1, 0.15) is 44.1 Å². The van der Waals surface area contributed by atoms with Gasteiger partial charge in [0.2, 0.25) is 5.91 Å². The van der Waals surface area contributed by atoms with Crippen LogP contribution in [0.4, 0.5) is 0 Å². The van der Waals surface area contributed by atoms with E-state index >= 15 is 0 Å². The van der Waals surface area contributed by atoms with Crippen LogP contribution in [0.3, 0.4) is 0 Å². The molecule has 20 heavy (non-hydrogen) atoms. The number of amides is 1. The maximum absolute atomic E-state index is 11.5. The molecule has 0 spiro atoms. The molecule has 1 saturated carbocycles. The third kappa shape index (κ3) is 2.82. The van der Waals surface area contributed by atoms with Crippen molar-refractivity contribution in [2.75, 3.05) is 0 Å². The molecule has 1 aliphatic rings. The summed E-state index contributed by atoms with van der Waals surface area (Å²) in [4.78, 5) is 11.5. The van der Waals surface area contributed by atoms with Gasteiger partial charge in [0.25, 0.3) is 0 Å². The molecule has 4 N–H and O–H groups in total. The van der Waals surface area contributed by atoms with E-state index in [0.717, 1.165) is 37.0 Å². The second-order valence-corrected chi connectivity index (χ2v) is 5.27. The Hall–Kier alpha value is -1.88. The van der Waals surface area contributed by atoms with Crippen LogP contribution in [-0.2, 0) is 10.2 Å². The monoisotopic (exact) mass is 275 g/mol. The predicted molar refractivity (Wildman–Crippen MR) is 77.4 cm³/mol. The maximum Gasteiger partial charge on any atom is 0.233 e.